The van der Waals surface area contributed by atoms with Gasteiger partial charge in [-0.25, -0.2) is 4.98 Å². The third-order valence-electron chi connectivity index (χ3n) is 5.00. The maximum absolute atomic E-state index is 12.5. The second-order valence-corrected chi connectivity index (χ2v) is 6.65. The van der Waals surface area contributed by atoms with Gasteiger partial charge in [0.2, 0.25) is 0 Å². The van der Waals surface area contributed by atoms with E-state index < -0.39 is 0 Å². The van der Waals surface area contributed by atoms with Crippen LogP contribution in [0.4, 0.5) is 0 Å². The first-order valence-electron chi connectivity index (χ1n) is 8.73. The first kappa shape index (κ1) is 16.0. The van der Waals surface area contributed by atoms with E-state index in [0.29, 0.717) is 11.7 Å². The number of ether oxygens (including phenoxy) is 1. The van der Waals surface area contributed by atoms with E-state index in [-0.39, 0.29) is 18.0 Å². The molecule has 2 aliphatic rings. The molecule has 0 unspecified atom stereocenters. The molecule has 0 bridgehead atoms. The van der Waals surface area contributed by atoms with Crippen LogP contribution in [0.1, 0.15) is 41.4 Å². The molecule has 2 heterocycles. The van der Waals surface area contributed by atoms with Crippen molar-refractivity contribution in [3.8, 4) is 5.75 Å². The smallest absolute Gasteiger partial charge is 0.271 e. The van der Waals surface area contributed by atoms with Crippen molar-refractivity contribution in [1.82, 2.24) is 20.2 Å². The fraction of sp³-hybridized carbons (Fsp3) is 0.421. The number of rotatable bonds is 5. The van der Waals surface area contributed by atoms with Gasteiger partial charge in [0.1, 0.15) is 11.4 Å². The van der Waals surface area contributed by atoms with Crippen LogP contribution in [0, 0.1) is 0 Å². The summed E-state index contributed by atoms with van der Waals surface area (Å²) in [7, 11) is 1.68. The Hall–Kier alpha value is -2.47. The van der Waals surface area contributed by atoms with Gasteiger partial charge >= 0.3 is 0 Å². The SMILES string of the molecule is COc1cccc([C@@H]2[C@@H](NC(=O)c3cnccn3)CCN2C2CC2)c1. The third kappa shape index (κ3) is 3.35. The summed E-state index contributed by atoms with van der Waals surface area (Å²) < 4.78 is 5.39. The molecule has 25 heavy (non-hydrogen) atoms. The van der Waals surface area contributed by atoms with Crippen LogP contribution >= 0.6 is 0 Å². The number of benzene rings is 1. The van der Waals surface area contributed by atoms with Gasteiger partial charge in [0.25, 0.3) is 5.91 Å². The van der Waals surface area contributed by atoms with Crippen LogP contribution in [0.25, 0.3) is 0 Å². The summed E-state index contributed by atoms with van der Waals surface area (Å²) in [4.78, 5) is 23.1. The lowest BCUT2D eigenvalue weighted by Gasteiger charge is -2.29. The average Bonchev–Trinajstić information content (AvgIpc) is 3.43. The number of likely N-dealkylation sites (tertiary alicyclic amines) is 1. The standard InChI is InChI=1S/C19H22N4O2/c1-25-15-4-2-3-13(11-15)18-16(7-10-23(18)14-5-6-14)22-19(24)17-12-20-8-9-21-17/h2-4,8-9,11-12,14,16,18H,5-7,10H2,1H3,(H,22,24)/t16-,18+/m0/s1. The molecule has 4 rings (SSSR count). The average molecular weight is 338 g/mol. The highest BCUT2D eigenvalue weighted by atomic mass is 16.5. The molecule has 1 N–H and O–H groups in total. The summed E-state index contributed by atoms with van der Waals surface area (Å²) in [6, 6.07) is 9.02. The fourth-order valence-corrected chi connectivity index (χ4v) is 3.69. The predicted octanol–water partition coefficient (Wildman–Crippen LogP) is 2.19. The monoisotopic (exact) mass is 338 g/mol. The summed E-state index contributed by atoms with van der Waals surface area (Å²) in [5, 5.41) is 3.17. The van der Waals surface area contributed by atoms with Gasteiger partial charge in [-0.3, -0.25) is 14.7 Å². The molecular formula is C19H22N4O2. The molecule has 2 aromatic rings. The van der Waals surface area contributed by atoms with Gasteiger partial charge in [-0.2, -0.15) is 0 Å². The van der Waals surface area contributed by atoms with Crippen molar-refractivity contribution in [2.24, 2.45) is 0 Å². The van der Waals surface area contributed by atoms with Crippen molar-refractivity contribution in [1.29, 1.82) is 0 Å². The molecule has 6 heteroatoms. The largest absolute Gasteiger partial charge is 0.497 e. The molecular weight excluding hydrogens is 316 g/mol. The van der Waals surface area contributed by atoms with E-state index in [9.17, 15) is 4.79 Å². The lowest BCUT2D eigenvalue weighted by molar-refractivity contribution is 0.0918. The first-order valence-corrected chi connectivity index (χ1v) is 8.73. The minimum absolute atomic E-state index is 0.0576. The lowest BCUT2D eigenvalue weighted by atomic mass is 9.99. The van der Waals surface area contributed by atoms with Crippen molar-refractivity contribution in [3.05, 3.63) is 54.1 Å². The number of methoxy groups -OCH3 is 1. The molecule has 1 saturated heterocycles. The van der Waals surface area contributed by atoms with Gasteiger partial charge < -0.3 is 10.1 Å². The molecule has 1 aliphatic carbocycles. The Kier molecular flexibility index (Phi) is 4.36. The number of carbonyl (C=O) groups is 1. The molecule has 130 valence electrons. The number of nitrogens with one attached hydrogen (secondary N) is 1. The quantitative estimate of drug-likeness (QED) is 0.905. The van der Waals surface area contributed by atoms with Crippen molar-refractivity contribution < 1.29 is 9.53 Å². The van der Waals surface area contributed by atoms with Crippen LogP contribution in [0.5, 0.6) is 5.75 Å². The third-order valence-corrected chi connectivity index (χ3v) is 5.00. The van der Waals surface area contributed by atoms with E-state index in [4.69, 9.17) is 4.74 Å². The van der Waals surface area contributed by atoms with E-state index in [2.05, 4.69) is 32.3 Å². The second kappa shape index (κ2) is 6.80. The predicted molar refractivity (Wildman–Crippen MR) is 93.4 cm³/mol. The minimum Gasteiger partial charge on any atom is -0.497 e. The van der Waals surface area contributed by atoms with Crippen LogP contribution in [0.15, 0.2) is 42.9 Å². The molecule has 0 radical (unpaired) electrons. The molecule has 1 aromatic heterocycles. The summed E-state index contributed by atoms with van der Waals surface area (Å²) >= 11 is 0. The Balaban J connectivity index is 1.58. The highest BCUT2D eigenvalue weighted by molar-refractivity contribution is 5.92. The summed E-state index contributed by atoms with van der Waals surface area (Å²) in [5.74, 6) is 0.683. The van der Waals surface area contributed by atoms with Gasteiger partial charge in [-0.1, -0.05) is 12.1 Å². The number of nitrogens with zero attached hydrogens (tertiary/aromatic N) is 3. The number of hydrogen-bond acceptors (Lipinski definition) is 5. The Morgan fingerprint density at radius 3 is 2.88 bits per heavy atom. The Bertz CT molecular complexity index is 748. The molecule has 1 aliphatic heterocycles. The molecule has 2 fully saturated rings. The second-order valence-electron chi connectivity index (χ2n) is 6.65. The van der Waals surface area contributed by atoms with Crippen molar-refractivity contribution >= 4 is 5.91 Å². The molecule has 1 amide bonds. The van der Waals surface area contributed by atoms with Crippen molar-refractivity contribution in [2.45, 2.75) is 37.4 Å². The van der Waals surface area contributed by atoms with Gasteiger partial charge in [0.15, 0.2) is 0 Å². The van der Waals surface area contributed by atoms with E-state index >= 15 is 0 Å². The summed E-state index contributed by atoms with van der Waals surface area (Å²) in [6.07, 6.45) is 8.03. The normalized spacial score (nSPS) is 23.4. The minimum atomic E-state index is -0.163. The Labute approximate surface area is 147 Å². The maximum atomic E-state index is 12.5. The highest BCUT2D eigenvalue weighted by Crippen LogP contribution is 2.41. The zero-order valence-corrected chi connectivity index (χ0v) is 14.3. The van der Waals surface area contributed by atoms with Gasteiger partial charge in [0, 0.05) is 25.0 Å². The maximum Gasteiger partial charge on any atom is 0.271 e. The molecule has 6 nitrogen and oxygen atoms in total. The van der Waals surface area contributed by atoms with E-state index in [1.165, 1.54) is 24.6 Å². The molecule has 1 aromatic carbocycles. The number of amides is 1. The Morgan fingerprint density at radius 2 is 2.16 bits per heavy atom. The fourth-order valence-electron chi connectivity index (χ4n) is 3.69. The van der Waals surface area contributed by atoms with Crippen LogP contribution < -0.4 is 10.1 Å². The van der Waals surface area contributed by atoms with Crippen LogP contribution in [-0.2, 0) is 0 Å². The van der Waals surface area contributed by atoms with Crippen LogP contribution in [0.3, 0.4) is 0 Å². The van der Waals surface area contributed by atoms with Crippen molar-refractivity contribution in [2.75, 3.05) is 13.7 Å². The van der Waals surface area contributed by atoms with Gasteiger partial charge in [-0.05, 0) is 37.0 Å². The highest BCUT2D eigenvalue weighted by Gasteiger charge is 2.43. The zero-order chi connectivity index (χ0) is 17.2. The molecule has 2 atom stereocenters. The van der Waals surface area contributed by atoms with E-state index in [1.807, 2.05) is 12.1 Å². The number of aromatic nitrogens is 2. The zero-order valence-electron chi connectivity index (χ0n) is 14.3. The topological polar surface area (TPSA) is 67.3 Å². The lowest BCUT2D eigenvalue weighted by Crippen LogP contribution is -2.40. The summed E-state index contributed by atoms with van der Waals surface area (Å²) in [5.41, 5.74) is 1.55. The van der Waals surface area contributed by atoms with Gasteiger partial charge in [-0.15, -0.1) is 0 Å². The summed E-state index contributed by atoms with van der Waals surface area (Å²) in [6.45, 7) is 0.998. The molecule has 0 spiro atoms. The first-order chi connectivity index (χ1) is 12.3. The van der Waals surface area contributed by atoms with E-state index in [1.54, 1.807) is 19.5 Å². The Morgan fingerprint density at radius 1 is 1.28 bits per heavy atom. The molecule has 1 saturated carbocycles. The van der Waals surface area contributed by atoms with Crippen molar-refractivity contribution in [3.63, 3.8) is 0 Å². The van der Waals surface area contributed by atoms with Gasteiger partial charge in [0.05, 0.1) is 25.4 Å². The van der Waals surface area contributed by atoms with Crippen LogP contribution in [0.2, 0.25) is 0 Å². The van der Waals surface area contributed by atoms with E-state index in [0.717, 1.165) is 18.7 Å². The van der Waals surface area contributed by atoms with Crippen LogP contribution in [-0.4, -0.2) is 46.5 Å². The number of carbonyl (C=O) groups excluding carboxylic acids is 1. The number of hydrogen-bond donors (Lipinski definition) is 1.